The van der Waals surface area contributed by atoms with Crippen molar-refractivity contribution in [1.29, 1.82) is 0 Å². The third-order valence-corrected chi connectivity index (χ3v) is 4.76. The van der Waals surface area contributed by atoms with Gasteiger partial charge in [0.25, 0.3) is 5.91 Å². The number of rotatable bonds is 4. The van der Waals surface area contributed by atoms with Crippen LogP contribution >= 0.6 is 11.6 Å². The molecule has 1 atom stereocenters. The van der Waals surface area contributed by atoms with Crippen molar-refractivity contribution in [2.45, 2.75) is 19.8 Å². The molecule has 1 aromatic heterocycles. The summed E-state index contributed by atoms with van der Waals surface area (Å²) >= 11 is 6.03. The summed E-state index contributed by atoms with van der Waals surface area (Å²) in [7, 11) is 0. The van der Waals surface area contributed by atoms with Gasteiger partial charge >= 0.3 is 5.97 Å². The second-order valence-electron chi connectivity index (χ2n) is 6.53. The SMILES string of the molecule is C[C@@H]1CCCN(c2ncc(NC(=O)c3ccccc3Cl)cc2C(=O)O)C1. The summed E-state index contributed by atoms with van der Waals surface area (Å²) < 4.78 is 0. The summed E-state index contributed by atoms with van der Waals surface area (Å²) in [5, 5.41) is 12.6. The van der Waals surface area contributed by atoms with Crippen LogP contribution < -0.4 is 10.2 Å². The normalized spacial score (nSPS) is 17.0. The lowest BCUT2D eigenvalue weighted by Crippen LogP contribution is -2.36. The molecule has 1 aliphatic rings. The average molecular weight is 374 g/mol. The third-order valence-electron chi connectivity index (χ3n) is 4.43. The van der Waals surface area contributed by atoms with Crippen molar-refractivity contribution >= 4 is 35.0 Å². The molecular weight excluding hydrogens is 354 g/mol. The van der Waals surface area contributed by atoms with E-state index in [4.69, 9.17) is 11.6 Å². The van der Waals surface area contributed by atoms with Crippen molar-refractivity contribution in [3.8, 4) is 0 Å². The highest BCUT2D eigenvalue weighted by molar-refractivity contribution is 6.34. The van der Waals surface area contributed by atoms with Gasteiger partial charge in [0.1, 0.15) is 11.4 Å². The molecule has 0 saturated carbocycles. The van der Waals surface area contributed by atoms with E-state index < -0.39 is 11.9 Å². The molecule has 0 radical (unpaired) electrons. The zero-order chi connectivity index (χ0) is 18.7. The van der Waals surface area contributed by atoms with Crippen LogP contribution in [0.3, 0.4) is 0 Å². The number of nitrogens with one attached hydrogen (secondary N) is 1. The van der Waals surface area contributed by atoms with Crippen LogP contribution in [0.15, 0.2) is 36.5 Å². The van der Waals surface area contributed by atoms with Gasteiger partial charge in [-0.1, -0.05) is 30.7 Å². The van der Waals surface area contributed by atoms with Crippen LogP contribution in [-0.4, -0.2) is 35.1 Å². The number of nitrogens with zero attached hydrogens (tertiary/aromatic N) is 2. The molecule has 1 aromatic carbocycles. The minimum absolute atomic E-state index is 0.0797. The van der Waals surface area contributed by atoms with Crippen LogP contribution in [0.2, 0.25) is 5.02 Å². The molecule has 2 aromatic rings. The molecular formula is C19H20ClN3O3. The fraction of sp³-hybridized carbons (Fsp3) is 0.316. The van der Waals surface area contributed by atoms with Crippen molar-refractivity contribution in [2.75, 3.05) is 23.3 Å². The van der Waals surface area contributed by atoms with E-state index in [2.05, 4.69) is 17.2 Å². The number of hydrogen-bond acceptors (Lipinski definition) is 4. The molecule has 6 nitrogen and oxygen atoms in total. The maximum absolute atomic E-state index is 12.4. The van der Waals surface area contributed by atoms with Gasteiger partial charge < -0.3 is 15.3 Å². The Balaban J connectivity index is 1.86. The van der Waals surface area contributed by atoms with Crippen LogP contribution in [0.1, 0.15) is 40.5 Å². The molecule has 136 valence electrons. The predicted octanol–water partition coefficient (Wildman–Crippen LogP) is 3.92. The number of amides is 1. The molecule has 1 amide bonds. The molecule has 0 bridgehead atoms. The molecule has 1 aliphatic heterocycles. The molecule has 1 saturated heterocycles. The maximum atomic E-state index is 12.4. The minimum atomic E-state index is -1.07. The Morgan fingerprint density at radius 1 is 1.31 bits per heavy atom. The highest BCUT2D eigenvalue weighted by atomic mass is 35.5. The molecule has 0 spiro atoms. The van der Waals surface area contributed by atoms with Gasteiger partial charge in [-0.3, -0.25) is 4.79 Å². The van der Waals surface area contributed by atoms with Crippen molar-refractivity contribution in [1.82, 2.24) is 4.98 Å². The first-order chi connectivity index (χ1) is 12.5. The number of pyridine rings is 1. The Hall–Kier alpha value is -2.60. The molecule has 0 unspecified atom stereocenters. The van der Waals surface area contributed by atoms with Crippen molar-refractivity contribution in [3.63, 3.8) is 0 Å². The second kappa shape index (κ2) is 7.74. The lowest BCUT2D eigenvalue weighted by atomic mass is 10.00. The minimum Gasteiger partial charge on any atom is -0.478 e. The van der Waals surface area contributed by atoms with E-state index >= 15 is 0 Å². The number of anilines is 2. The van der Waals surface area contributed by atoms with Gasteiger partial charge in [-0.15, -0.1) is 0 Å². The highest BCUT2D eigenvalue weighted by Gasteiger charge is 2.23. The van der Waals surface area contributed by atoms with Crippen LogP contribution in [0.5, 0.6) is 0 Å². The Bertz CT molecular complexity index is 841. The van der Waals surface area contributed by atoms with E-state index in [-0.39, 0.29) is 5.56 Å². The molecule has 2 N–H and O–H groups in total. The Morgan fingerprint density at radius 3 is 2.77 bits per heavy atom. The average Bonchev–Trinajstić information content (AvgIpc) is 2.62. The molecule has 7 heteroatoms. The number of carbonyl (C=O) groups excluding carboxylic acids is 1. The van der Waals surface area contributed by atoms with E-state index in [1.165, 1.54) is 12.3 Å². The third kappa shape index (κ3) is 3.96. The molecule has 26 heavy (non-hydrogen) atoms. The van der Waals surface area contributed by atoms with Crippen molar-refractivity contribution in [3.05, 3.63) is 52.7 Å². The van der Waals surface area contributed by atoms with Crippen molar-refractivity contribution in [2.24, 2.45) is 5.92 Å². The zero-order valence-electron chi connectivity index (χ0n) is 14.4. The number of aromatic carboxylic acids is 1. The van der Waals surface area contributed by atoms with Gasteiger partial charge in [0.05, 0.1) is 22.5 Å². The maximum Gasteiger partial charge on any atom is 0.339 e. The number of piperidine rings is 1. The van der Waals surface area contributed by atoms with Gasteiger partial charge in [-0.25, -0.2) is 9.78 Å². The first-order valence-electron chi connectivity index (χ1n) is 8.50. The lowest BCUT2D eigenvalue weighted by Gasteiger charge is -2.32. The number of hydrogen-bond donors (Lipinski definition) is 2. The van der Waals surface area contributed by atoms with Gasteiger partial charge in [0.15, 0.2) is 0 Å². The van der Waals surface area contributed by atoms with Crippen molar-refractivity contribution < 1.29 is 14.7 Å². The van der Waals surface area contributed by atoms with Gasteiger partial charge in [-0.2, -0.15) is 0 Å². The number of halogens is 1. The number of aromatic nitrogens is 1. The van der Waals surface area contributed by atoms with Gasteiger partial charge in [-0.05, 0) is 37.0 Å². The molecule has 1 fully saturated rings. The van der Waals surface area contributed by atoms with Crippen LogP contribution in [0.25, 0.3) is 0 Å². The summed E-state index contributed by atoms with van der Waals surface area (Å²) in [6, 6.07) is 8.11. The standard InChI is InChI=1S/C19H20ClN3O3/c1-12-5-4-8-23(11-12)17-15(19(25)26)9-13(10-21-17)22-18(24)14-6-2-3-7-16(14)20/h2-3,6-7,9-10,12H,4-5,8,11H2,1H3,(H,22,24)(H,25,26)/t12-/m1/s1. The number of benzene rings is 1. The highest BCUT2D eigenvalue weighted by Crippen LogP contribution is 2.27. The summed E-state index contributed by atoms with van der Waals surface area (Å²) in [4.78, 5) is 30.4. The number of carbonyl (C=O) groups is 2. The summed E-state index contributed by atoms with van der Waals surface area (Å²) in [5.74, 6) is -0.542. The fourth-order valence-corrected chi connectivity index (χ4v) is 3.38. The Kier molecular flexibility index (Phi) is 5.42. The largest absolute Gasteiger partial charge is 0.478 e. The Morgan fingerprint density at radius 2 is 2.08 bits per heavy atom. The van der Waals surface area contributed by atoms with Gasteiger partial charge in [0.2, 0.25) is 0 Å². The molecule has 2 heterocycles. The fourth-order valence-electron chi connectivity index (χ4n) is 3.16. The molecule has 3 rings (SSSR count). The van der Waals surface area contributed by atoms with E-state index in [1.807, 2.05) is 4.90 Å². The lowest BCUT2D eigenvalue weighted by molar-refractivity contribution is 0.0696. The zero-order valence-corrected chi connectivity index (χ0v) is 15.2. The number of carboxylic acid groups (broad SMARTS) is 1. The van der Waals surface area contributed by atoms with E-state index in [9.17, 15) is 14.7 Å². The summed E-state index contributed by atoms with van der Waals surface area (Å²) in [6.07, 6.45) is 3.62. The smallest absolute Gasteiger partial charge is 0.339 e. The van der Waals surface area contributed by atoms with Crippen LogP contribution in [0.4, 0.5) is 11.5 Å². The topological polar surface area (TPSA) is 82.5 Å². The first kappa shape index (κ1) is 18.2. The van der Waals surface area contributed by atoms with E-state index in [0.717, 1.165) is 25.9 Å². The predicted molar refractivity (Wildman–Crippen MR) is 101 cm³/mol. The van der Waals surface area contributed by atoms with E-state index in [1.54, 1.807) is 24.3 Å². The Labute approximate surface area is 156 Å². The number of carboxylic acids is 1. The summed E-state index contributed by atoms with van der Waals surface area (Å²) in [6.45, 7) is 3.70. The van der Waals surface area contributed by atoms with E-state index in [0.29, 0.717) is 28.0 Å². The van der Waals surface area contributed by atoms with Crippen LogP contribution in [-0.2, 0) is 0 Å². The quantitative estimate of drug-likeness (QED) is 0.848. The molecule has 0 aliphatic carbocycles. The summed E-state index contributed by atoms with van der Waals surface area (Å²) in [5.41, 5.74) is 0.720. The second-order valence-corrected chi connectivity index (χ2v) is 6.93. The van der Waals surface area contributed by atoms with Gasteiger partial charge in [0, 0.05) is 13.1 Å². The van der Waals surface area contributed by atoms with Crippen LogP contribution in [0, 0.1) is 5.92 Å². The first-order valence-corrected chi connectivity index (χ1v) is 8.87. The monoisotopic (exact) mass is 373 g/mol.